The molecule has 1 fully saturated rings. The Balaban J connectivity index is 1.45. The monoisotopic (exact) mass is 443 g/mol. The first-order valence-corrected chi connectivity index (χ1v) is 9.95. The molecule has 1 amide bonds. The Kier molecular flexibility index (Phi) is 4.92. The minimum absolute atomic E-state index is 0.0265. The van der Waals surface area contributed by atoms with Gasteiger partial charge in [0.15, 0.2) is 0 Å². The molecule has 1 N–H and O–H groups in total. The van der Waals surface area contributed by atoms with Gasteiger partial charge in [-0.1, -0.05) is 0 Å². The van der Waals surface area contributed by atoms with Gasteiger partial charge in [0, 0.05) is 55.2 Å². The van der Waals surface area contributed by atoms with Crippen molar-refractivity contribution in [2.24, 2.45) is 7.05 Å². The first-order valence-electron chi connectivity index (χ1n) is 9.16. The predicted octanol–water partition coefficient (Wildman–Crippen LogP) is 2.55. The van der Waals surface area contributed by atoms with Gasteiger partial charge in [-0.2, -0.15) is 10.2 Å². The van der Waals surface area contributed by atoms with Crippen molar-refractivity contribution in [3.8, 4) is 11.3 Å². The number of carbonyl (C=O) groups excluding carboxylic acids is 1. The highest BCUT2D eigenvalue weighted by Gasteiger charge is 2.25. The van der Waals surface area contributed by atoms with E-state index in [1.165, 1.54) is 0 Å². The van der Waals surface area contributed by atoms with Crippen LogP contribution in [0.3, 0.4) is 0 Å². The van der Waals surface area contributed by atoms with Crippen LogP contribution in [-0.2, 0) is 7.05 Å². The lowest BCUT2D eigenvalue weighted by molar-refractivity contribution is 0.0740. The lowest BCUT2D eigenvalue weighted by Gasteiger charge is -2.35. The number of aryl methyl sites for hydroxylation is 2. The molecule has 8 nitrogen and oxygen atoms in total. The number of halogens is 1. The van der Waals surface area contributed by atoms with Gasteiger partial charge in [0.05, 0.1) is 11.4 Å². The summed E-state index contributed by atoms with van der Waals surface area (Å²) in [5.74, 6) is 0.906. The van der Waals surface area contributed by atoms with Gasteiger partial charge in [0.2, 0.25) is 0 Å². The van der Waals surface area contributed by atoms with E-state index in [0.29, 0.717) is 18.8 Å². The summed E-state index contributed by atoms with van der Waals surface area (Å²) >= 11 is 3.40. The zero-order valence-electron chi connectivity index (χ0n) is 16.1. The van der Waals surface area contributed by atoms with Gasteiger partial charge < -0.3 is 9.80 Å². The number of anilines is 1. The van der Waals surface area contributed by atoms with Crippen LogP contribution in [0.2, 0.25) is 0 Å². The number of hydrogen-bond donors (Lipinski definition) is 1. The third-order valence-electron chi connectivity index (χ3n) is 5.18. The second-order valence-electron chi connectivity index (χ2n) is 6.95. The third-order valence-corrected chi connectivity index (χ3v) is 5.65. The summed E-state index contributed by atoms with van der Waals surface area (Å²) in [6.45, 7) is 6.75. The Morgan fingerprint density at radius 3 is 2.54 bits per heavy atom. The van der Waals surface area contributed by atoms with Gasteiger partial charge in [-0.15, -0.1) is 0 Å². The SMILES string of the molecule is Cc1nn(C)c(C)c1-c1cc(C(=O)N2CCN(c3ccc(Br)cn3)CC2)[nH]n1. The van der Waals surface area contributed by atoms with E-state index in [0.717, 1.165) is 46.0 Å². The van der Waals surface area contributed by atoms with Crippen molar-refractivity contribution in [3.63, 3.8) is 0 Å². The van der Waals surface area contributed by atoms with E-state index in [4.69, 9.17) is 0 Å². The van der Waals surface area contributed by atoms with Crippen LogP contribution in [0.5, 0.6) is 0 Å². The Morgan fingerprint density at radius 1 is 1.18 bits per heavy atom. The summed E-state index contributed by atoms with van der Waals surface area (Å²) in [7, 11) is 1.91. The summed E-state index contributed by atoms with van der Waals surface area (Å²) in [4.78, 5) is 21.4. The number of piperazine rings is 1. The lowest BCUT2D eigenvalue weighted by Crippen LogP contribution is -2.49. The molecule has 9 heteroatoms. The topological polar surface area (TPSA) is 82.9 Å². The maximum absolute atomic E-state index is 12.9. The van der Waals surface area contributed by atoms with E-state index in [9.17, 15) is 4.79 Å². The number of aromatic nitrogens is 5. The van der Waals surface area contributed by atoms with Crippen LogP contribution < -0.4 is 4.90 Å². The molecule has 0 aromatic carbocycles. The minimum atomic E-state index is -0.0265. The van der Waals surface area contributed by atoms with Crippen LogP contribution in [0.1, 0.15) is 21.9 Å². The third kappa shape index (κ3) is 3.42. The largest absolute Gasteiger partial charge is 0.353 e. The molecule has 0 spiro atoms. The quantitative estimate of drug-likeness (QED) is 0.672. The predicted molar refractivity (Wildman–Crippen MR) is 110 cm³/mol. The standard InChI is InChI=1S/C19H22BrN7O/c1-12-18(13(2)25(3)24-12)15-10-16(23-22-15)19(28)27-8-6-26(7-9-27)17-5-4-14(20)11-21-17/h4-5,10-11H,6-9H2,1-3H3,(H,22,23). The van der Waals surface area contributed by atoms with Crippen molar-refractivity contribution in [1.82, 2.24) is 29.9 Å². The van der Waals surface area contributed by atoms with Crippen LogP contribution in [0.4, 0.5) is 5.82 Å². The van der Waals surface area contributed by atoms with Gasteiger partial charge in [-0.25, -0.2) is 4.98 Å². The van der Waals surface area contributed by atoms with E-state index >= 15 is 0 Å². The molecule has 1 aliphatic rings. The average Bonchev–Trinajstić information content (AvgIpc) is 3.26. The molecule has 3 aromatic rings. The Morgan fingerprint density at radius 2 is 1.93 bits per heavy atom. The molecule has 0 aliphatic carbocycles. The first kappa shape index (κ1) is 18.7. The summed E-state index contributed by atoms with van der Waals surface area (Å²) in [5, 5.41) is 11.7. The van der Waals surface area contributed by atoms with Crippen LogP contribution in [0, 0.1) is 13.8 Å². The normalized spacial score (nSPS) is 14.6. The first-order chi connectivity index (χ1) is 13.4. The zero-order chi connectivity index (χ0) is 19.8. The lowest BCUT2D eigenvalue weighted by atomic mass is 10.1. The summed E-state index contributed by atoms with van der Waals surface area (Å²) in [6.07, 6.45) is 1.79. The van der Waals surface area contributed by atoms with Crippen LogP contribution in [-0.4, -0.2) is 61.9 Å². The zero-order valence-corrected chi connectivity index (χ0v) is 17.7. The molecule has 0 radical (unpaired) electrons. The molecule has 28 heavy (non-hydrogen) atoms. The average molecular weight is 444 g/mol. The van der Waals surface area contributed by atoms with Crippen molar-refractivity contribution >= 4 is 27.7 Å². The summed E-state index contributed by atoms with van der Waals surface area (Å²) < 4.78 is 2.79. The molecular formula is C19H22BrN7O. The van der Waals surface area contributed by atoms with Crippen molar-refractivity contribution in [2.45, 2.75) is 13.8 Å². The number of carbonyl (C=O) groups is 1. The van der Waals surface area contributed by atoms with Gasteiger partial charge in [0.1, 0.15) is 11.5 Å². The van der Waals surface area contributed by atoms with Crippen molar-refractivity contribution in [1.29, 1.82) is 0 Å². The molecule has 1 aliphatic heterocycles. The summed E-state index contributed by atoms with van der Waals surface area (Å²) in [5.41, 5.74) is 4.17. The van der Waals surface area contributed by atoms with Crippen LogP contribution >= 0.6 is 15.9 Å². The molecule has 4 heterocycles. The van der Waals surface area contributed by atoms with Gasteiger partial charge in [-0.05, 0) is 48.0 Å². The van der Waals surface area contributed by atoms with Crippen molar-refractivity contribution in [2.75, 3.05) is 31.1 Å². The molecule has 0 unspecified atom stereocenters. The number of pyridine rings is 1. The second-order valence-corrected chi connectivity index (χ2v) is 7.87. The number of hydrogen-bond acceptors (Lipinski definition) is 5. The number of rotatable bonds is 3. The number of nitrogens with one attached hydrogen (secondary N) is 1. The molecule has 0 saturated carbocycles. The number of H-pyrrole nitrogens is 1. The number of aromatic amines is 1. The van der Waals surface area contributed by atoms with E-state index in [1.54, 1.807) is 6.20 Å². The Bertz CT molecular complexity index is 1000. The highest BCUT2D eigenvalue weighted by molar-refractivity contribution is 9.10. The molecule has 146 valence electrons. The highest BCUT2D eigenvalue weighted by Crippen LogP contribution is 2.25. The van der Waals surface area contributed by atoms with E-state index in [1.807, 2.05) is 48.7 Å². The van der Waals surface area contributed by atoms with E-state index in [2.05, 4.69) is 41.1 Å². The van der Waals surface area contributed by atoms with Gasteiger partial charge in [-0.3, -0.25) is 14.6 Å². The minimum Gasteiger partial charge on any atom is -0.353 e. The Hall–Kier alpha value is -2.68. The van der Waals surface area contributed by atoms with Crippen LogP contribution in [0.25, 0.3) is 11.3 Å². The number of amides is 1. The maximum Gasteiger partial charge on any atom is 0.272 e. The maximum atomic E-state index is 12.9. The molecular weight excluding hydrogens is 422 g/mol. The van der Waals surface area contributed by atoms with Crippen LogP contribution in [0.15, 0.2) is 28.9 Å². The van der Waals surface area contributed by atoms with E-state index in [-0.39, 0.29) is 5.91 Å². The van der Waals surface area contributed by atoms with Crippen molar-refractivity contribution < 1.29 is 4.79 Å². The fourth-order valence-corrected chi connectivity index (χ4v) is 3.80. The molecule has 0 bridgehead atoms. The van der Waals surface area contributed by atoms with E-state index < -0.39 is 0 Å². The fraction of sp³-hybridized carbons (Fsp3) is 0.368. The molecule has 0 atom stereocenters. The molecule has 1 saturated heterocycles. The van der Waals surface area contributed by atoms with Crippen molar-refractivity contribution in [3.05, 3.63) is 46.0 Å². The highest BCUT2D eigenvalue weighted by atomic mass is 79.9. The summed E-state index contributed by atoms with van der Waals surface area (Å²) in [6, 6.07) is 5.79. The van der Waals surface area contributed by atoms with Gasteiger partial charge in [0.25, 0.3) is 5.91 Å². The van der Waals surface area contributed by atoms with Gasteiger partial charge >= 0.3 is 0 Å². The fourth-order valence-electron chi connectivity index (χ4n) is 3.57. The second kappa shape index (κ2) is 7.38. The molecule has 3 aromatic heterocycles. The Labute approximate surface area is 171 Å². The smallest absolute Gasteiger partial charge is 0.272 e. The molecule has 4 rings (SSSR count). The number of nitrogens with zero attached hydrogens (tertiary/aromatic N) is 6.